The Morgan fingerprint density at radius 2 is 1.68 bits per heavy atom. The first-order valence-electron chi connectivity index (χ1n) is 10.0. The summed E-state index contributed by atoms with van der Waals surface area (Å²) in [6.07, 6.45) is 0.0934. The summed E-state index contributed by atoms with van der Waals surface area (Å²) in [5.41, 5.74) is 2.96. The third-order valence-electron chi connectivity index (χ3n) is 4.73. The molecule has 1 amide bonds. The Kier molecular flexibility index (Phi) is 6.97. The Morgan fingerprint density at radius 1 is 0.968 bits per heavy atom. The van der Waals surface area contributed by atoms with E-state index in [2.05, 4.69) is 10.0 Å². The van der Waals surface area contributed by atoms with Gasteiger partial charge in [0.2, 0.25) is 0 Å². The van der Waals surface area contributed by atoms with Crippen molar-refractivity contribution in [1.82, 2.24) is 0 Å². The van der Waals surface area contributed by atoms with Crippen LogP contribution in [0.25, 0.3) is 0 Å². The van der Waals surface area contributed by atoms with Gasteiger partial charge in [-0.1, -0.05) is 37.3 Å². The number of aryl methyl sites for hydroxylation is 2. The van der Waals surface area contributed by atoms with E-state index in [1.807, 2.05) is 44.2 Å². The van der Waals surface area contributed by atoms with Crippen LogP contribution in [0.4, 0.5) is 11.4 Å². The maximum atomic E-state index is 12.6. The highest BCUT2D eigenvalue weighted by atomic mass is 32.2. The summed E-state index contributed by atoms with van der Waals surface area (Å²) < 4.78 is 33.6. The number of rotatable bonds is 8. The monoisotopic (exact) mass is 438 g/mol. The van der Waals surface area contributed by atoms with Gasteiger partial charge in [0, 0.05) is 11.4 Å². The van der Waals surface area contributed by atoms with E-state index in [9.17, 15) is 13.2 Å². The number of para-hydroxylation sites is 1. The fourth-order valence-electron chi connectivity index (χ4n) is 3.04. The fraction of sp³-hybridized carbons (Fsp3) is 0.208. The number of nitrogens with one attached hydrogen (secondary N) is 2. The second kappa shape index (κ2) is 9.66. The number of amides is 1. The van der Waals surface area contributed by atoms with Gasteiger partial charge < -0.3 is 10.1 Å². The highest BCUT2D eigenvalue weighted by molar-refractivity contribution is 7.92. The van der Waals surface area contributed by atoms with Gasteiger partial charge in [0.15, 0.2) is 6.10 Å². The van der Waals surface area contributed by atoms with Gasteiger partial charge in [-0.15, -0.1) is 0 Å². The largest absolute Gasteiger partial charge is 0.481 e. The second-order valence-corrected chi connectivity index (χ2v) is 8.89. The molecule has 1 unspecified atom stereocenters. The lowest BCUT2D eigenvalue weighted by Gasteiger charge is -2.17. The lowest BCUT2D eigenvalue weighted by atomic mass is 10.1. The van der Waals surface area contributed by atoms with Gasteiger partial charge in [-0.25, -0.2) is 8.42 Å². The number of sulfonamides is 1. The van der Waals surface area contributed by atoms with Gasteiger partial charge in [0.05, 0.1) is 4.90 Å². The highest BCUT2D eigenvalue weighted by Gasteiger charge is 2.18. The molecular formula is C24H26N2O4S. The van der Waals surface area contributed by atoms with Gasteiger partial charge in [-0.05, 0) is 73.9 Å². The van der Waals surface area contributed by atoms with Crippen LogP contribution in [0.3, 0.4) is 0 Å². The molecule has 1 atom stereocenters. The number of ether oxygens (including phenoxy) is 1. The maximum Gasteiger partial charge on any atom is 0.265 e. The number of hydrogen-bond donors (Lipinski definition) is 2. The lowest BCUT2D eigenvalue weighted by Crippen LogP contribution is -2.30. The molecule has 3 rings (SSSR count). The molecule has 0 saturated carbocycles. The Balaban J connectivity index is 1.65. The molecular weight excluding hydrogens is 412 g/mol. The molecule has 0 spiro atoms. The minimum Gasteiger partial charge on any atom is -0.481 e. The predicted octanol–water partition coefficient (Wildman–Crippen LogP) is 4.76. The zero-order chi connectivity index (χ0) is 22.4. The van der Waals surface area contributed by atoms with Crippen molar-refractivity contribution in [1.29, 1.82) is 0 Å². The van der Waals surface area contributed by atoms with E-state index in [4.69, 9.17) is 4.74 Å². The molecule has 3 aromatic carbocycles. The average molecular weight is 439 g/mol. The van der Waals surface area contributed by atoms with Gasteiger partial charge in [-0.3, -0.25) is 9.52 Å². The fourth-order valence-corrected chi connectivity index (χ4v) is 4.09. The Hall–Kier alpha value is -3.32. The van der Waals surface area contributed by atoms with E-state index >= 15 is 0 Å². The lowest BCUT2D eigenvalue weighted by molar-refractivity contribution is -0.122. The minimum absolute atomic E-state index is 0.105. The summed E-state index contributed by atoms with van der Waals surface area (Å²) in [4.78, 5) is 12.6. The van der Waals surface area contributed by atoms with Crippen LogP contribution in [0, 0.1) is 6.92 Å². The number of hydrogen-bond acceptors (Lipinski definition) is 4. The molecule has 0 fully saturated rings. The molecule has 0 bridgehead atoms. The van der Waals surface area contributed by atoms with Crippen molar-refractivity contribution in [2.24, 2.45) is 0 Å². The highest BCUT2D eigenvalue weighted by Crippen LogP contribution is 2.21. The van der Waals surface area contributed by atoms with Crippen LogP contribution in [0.2, 0.25) is 0 Å². The standard InChI is InChI=1S/C24H26N2O4S/c1-4-19-9-5-6-11-23(19)30-18(3)24(27)25-20-12-14-22(15-13-20)31(28,29)26-21-10-7-8-17(2)16-21/h5-16,18,26H,4H2,1-3H3,(H,25,27). The maximum absolute atomic E-state index is 12.6. The van der Waals surface area contributed by atoms with Crippen molar-refractivity contribution in [3.63, 3.8) is 0 Å². The van der Waals surface area contributed by atoms with Crippen molar-refractivity contribution >= 4 is 27.3 Å². The van der Waals surface area contributed by atoms with E-state index < -0.39 is 16.1 Å². The van der Waals surface area contributed by atoms with Gasteiger partial charge in [0.25, 0.3) is 15.9 Å². The number of benzene rings is 3. The molecule has 7 heteroatoms. The van der Waals surface area contributed by atoms with Crippen LogP contribution in [0.15, 0.2) is 77.7 Å². The topological polar surface area (TPSA) is 84.5 Å². The van der Waals surface area contributed by atoms with Gasteiger partial charge >= 0.3 is 0 Å². The first-order chi connectivity index (χ1) is 14.8. The number of carbonyl (C=O) groups is 1. The summed E-state index contributed by atoms with van der Waals surface area (Å²) in [6.45, 7) is 5.59. The van der Waals surface area contributed by atoms with Crippen molar-refractivity contribution in [3.05, 3.63) is 83.9 Å². The minimum atomic E-state index is -3.73. The first-order valence-corrected chi connectivity index (χ1v) is 11.5. The number of anilines is 2. The molecule has 162 valence electrons. The normalized spacial score (nSPS) is 12.1. The summed E-state index contributed by atoms with van der Waals surface area (Å²) in [5.74, 6) is 0.357. The summed E-state index contributed by atoms with van der Waals surface area (Å²) in [5, 5.41) is 2.76. The van der Waals surface area contributed by atoms with Crippen molar-refractivity contribution in [2.45, 2.75) is 38.2 Å². The zero-order valence-corrected chi connectivity index (χ0v) is 18.6. The number of carbonyl (C=O) groups excluding carboxylic acids is 1. The zero-order valence-electron chi connectivity index (χ0n) is 17.8. The molecule has 3 aromatic rings. The molecule has 0 radical (unpaired) electrons. The van der Waals surface area contributed by atoms with Crippen LogP contribution < -0.4 is 14.8 Å². The van der Waals surface area contributed by atoms with E-state index in [-0.39, 0.29) is 10.8 Å². The third-order valence-corrected chi connectivity index (χ3v) is 6.13. The molecule has 0 aliphatic rings. The van der Waals surface area contributed by atoms with Crippen LogP contribution >= 0.6 is 0 Å². The molecule has 0 aromatic heterocycles. The van der Waals surface area contributed by atoms with E-state index in [1.54, 1.807) is 37.3 Å². The van der Waals surface area contributed by atoms with E-state index in [0.717, 1.165) is 17.5 Å². The molecule has 31 heavy (non-hydrogen) atoms. The van der Waals surface area contributed by atoms with E-state index in [1.165, 1.54) is 12.1 Å². The summed E-state index contributed by atoms with van der Waals surface area (Å²) >= 11 is 0. The average Bonchev–Trinajstić information content (AvgIpc) is 2.74. The van der Waals surface area contributed by atoms with Crippen molar-refractivity contribution in [2.75, 3.05) is 10.0 Å². The molecule has 2 N–H and O–H groups in total. The second-order valence-electron chi connectivity index (χ2n) is 7.21. The van der Waals surface area contributed by atoms with Crippen LogP contribution in [-0.4, -0.2) is 20.4 Å². The molecule has 0 heterocycles. The molecule has 0 aliphatic carbocycles. The molecule has 6 nitrogen and oxygen atoms in total. The Bertz CT molecular complexity index is 1160. The predicted molar refractivity (Wildman–Crippen MR) is 123 cm³/mol. The van der Waals surface area contributed by atoms with E-state index in [0.29, 0.717) is 17.1 Å². The molecule has 0 saturated heterocycles. The summed E-state index contributed by atoms with van der Waals surface area (Å²) in [6, 6.07) is 20.7. The van der Waals surface area contributed by atoms with Crippen LogP contribution in [0.5, 0.6) is 5.75 Å². The van der Waals surface area contributed by atoms with Gasteiger partial charge in [0.1, 0.15) is 5.75 Å². The summed E-state index contributed by atoms with van der Waals surface area (Å²) in [7, 11) is -3.73. The smallest absolute Gasteiger partial charge is 0.265 e. The molecule has 0 aliphatic heterocycles. The SMILES string of the molecule is CCc1ccccc1OC(C)C(=O)Nc1ccc(S(=O)(=O)Nc2cccc(C)c2)cc1. The first kappa shape index (κ1) is 22.4. The van der Waals surface area contributed by atoms with Crippen LogP contribution in [-0.2, 0) is 21.2 Å². The Morgan fingerprint density at radius 3 is 2.35 bits per heavy atom. The van der Waals surface area contributed by atoms with Crippen molar-refractivity contribution in [3.8, 4) is 5.75 Å². The quantitative estimate of drug-likeness (QED) is 0.531. The van der Waals surface area contributed by atoms with Crippen LogP contribution in [0.1, 0.15) is 25.0 Å². The third kappa shape index (κ3) is 5.86. The Labute approximate surface area is 183 Å². The van der Waals surface area contributed by atoms with Crippen molar-refractivity contribution < 1.29 is 17.9 Å². The van der Waals surface area contributed by atoms with Gasteiger partial charge in [-0.2, -0.15) is 0 Å².